The minimum Gasteiger partial charge on any atom is -0.495 e. The standard InChI is InChI=1S/C16H24BrNO/c1-11-7-13(10-16(2,3)9-11)18-14-8-12(17)5-6-15(14)19-4/h5-6,8,11,13,18H,7,9-10H2,1-4H3. The summed E-state index contributed by atoms with van der Waals surface area (Å²) in [5.41, 5.74) is 1.51. The van der Waals surface area contributed by atoms with Gasteiger partial charge in [-0.1, -0.05) is 36.7 Å². The lowest BCUT2D eigenvalue weighted by atomic mass is 9.70. The van der Waals surface area contributed by atoms with Crippen molar-refractivity contribution in [2.45, 2.75) is 46.1 Å². The van der Waals surface area contributed by atoms with Crippen LogP contribution in [0.1, 0.15) is 40.0 Å². The summed E-state index contributed by atoms with van der Waals surface area (Å²) in [4.78, 5) is 0. The van der Waals surface area contributed by atoms with E-state index in [1.54, 1.807) is 7.11 Å². The van der Waals surface area contributed by atoms with Crippen LogP contribution < -0.4 is 10.1 Å². The number of benzene rings is 1. The molecule has 0 aromatic heterocycles. The fourth-order valence-electron chi connectivity index (χ4n) is 3.47. The SMILES string of the molecule is COc1ccc(Br)cc1NC1CC(C)CC(C)(C)C1. The Bertz CT molecular complexity index is 444. The summed E-state index contributed by atoms with van der Waals surface area (Å²) in [5.74, 6) is 1.69. The van der Waals surface area contributed by atoms with Crippen LogP contribution >= 0.6 is 15.9 Å². The van der Waals surface area contributed by atoms with E-state index >= 15 is 0 Å². The molecule has 2 nitrogen and oxygen atoms in total. The molecule has 0 radical (unpaired) electrons. The van der Waals surface area contributed by atoms with Gasteiger partial charge in [-0.2, -0.15) is 0 Å². The van der Waals surface area contributed by atoms with Crippen LogP contribution in [0.25, 0.3) is 0 Å². The molecule has 2 rings (SSSR count). The molecule has 1 saturated carbocycles. The lowest BCUT2D eigenvalue weighted by Crippen LogP contribution is -2.35. The quantitative estimate of drug-likeness (QED) is 0.836. The average molecular weight is 326 g/mol. The molecule has 1 aromatic carbocycles. The number of nitrogens with one attached hydrogen (secondary N) is 1. The maximum absolute atomic E-state index is 5.44. The molecule has 0 saturated heterocycles. The summed E-state index contributed by atoms with van der Waals surface area (Å²) in [5, 5.41) is 3.67. The van der Waals surface area contributed by atoms with E-state index in [1.807, 2.05) is 12.1 Å². The zero-order valence-corrected chi connectivity index (χ0v) is 13.9. The highest BCUT2D eigenvalue weighted by Gasteiger charge is 2.32. The predicted octanol–water partition coefficient (Wildman–Crippen LogP) is 5.08. The van der Waals surface area contributed by atoms with Gasteiger partial charge in [0.15, 0.2) is 0 Å². The fraction of sp³-hybridized carbons (Fsp3) is 0.625. The summed E-state index contributed by atoms with van der Waals surface area (Å²) in [6.45, 7) is 7.10. The topological polar surface area (TPSA) is 21.3 Å². The Hall–Kier alpha value is -0.700. The van der Waals surface area contributed by atoms with E-state index in [9.17, 15) is 0 Å². The normalized spacial score (nSPS) is 25.9. The maximum atomic E-state index is 5.44. The molecule has 0 heterocycles. The van der Waals surface area contributed by atoms with E-state index in [1.165, 1.54) is 19.3 Å². The molecular formula is C16H24BrNO. The van der Waals surface area contributed by atoms with Crippen LogP contribution in [-0.2, 0) is 0 Å². The molecule has 0 bridgehead atoms. The molecule has 19 heavy (non-hydrogen) atoms. The van der Waals surface area contributed by atoms with Crippen molar-refractivity contribution in [2.24, 2.45) is 11.3 Å². The zero-order chi connectivity index (χ0) is 14.0. The third-order valence-corrected chi connectivity index (χ3v) is 4.40. The Kier molecular flexibility index (Phi) is 4.44. The van der Waals surface area contributed by atoms with Crippen molar-refractivity contribution >= 4 is 21.6 Å². The Morgan fingerprint density at radius 3 is 2.68 bits per heavy atom. The van der Waals surface area contributed by atoms with Crippen molar-refractivity contribution in [1.82, 2.24) is 0 Å². The van der Waals surface area contributed by atoms with Crippen LogP contribution in [0.2, 0.25) is 0 Å². The molecule has 3 heteroatoms. The molecule has 2 atom stereocenters. The van der Waals surface area contributed by atoms with Gasteiger partial charge in [-0.05, 0) is 48.8 Å². The maximum Gasteiger partial charge on any atom is 0.142 e. The highest BCUT2D eigenvalue weighted by Crippen LogP contribution is 2.40. The van der Waals surface area contributed by atoms with Gasteiger partial charge in [0.2, 0.25) is 0 Å². The van der Waals surface area contributed by atoms with E-state index in [2.05, 4.69) is 48.1 Å². The van der Waals surface area contributed by atoms with Crippen LogP contribution in [-0.4, -0.2) is 13.2 Å². The molecule has 0 spiro atoms. The second-order valence-corrected chi connectivity index (χ2v) is 7.51. The first-order valence-corrected chi connectivity index (χ1v) is 7.79. The molecule has 0 aliphatic heterocycles. The monoisotopic (exact) mass is 325 g/mol. The smallest absolute Gasteiger partial charge is 0.142 e. The summed E-state index contributed by atoms with van der Waals surface area (Å²) in [6.07, 6.45) is 3.77. The summed E-state index contributed by atoms with van der Waals surface area (Å²) < 4.78 is 6.52. The number of methoxy groups -OCH3 is 1. The predicted molar refractivity (Wildman–Crippen MR) is 84.9 cm³/mol. The van der Waals surface area contributed by atoms with E-state index in [-0.39, 0.29) is 0 Å². The molecule has 1 N–H and O–H groups in total. The molecule has 1 aliphatic carbocycles. The van der Waals surface area contributed by atoms with Gasteiger partial charge in [-0.3, -0.25) is 0 Å². The minimum absolute atomic E-state index is 0.425. The van der Waals surface area contributed by atoms with Crippen molar-refractivity contribution in [1.29, 1.82) is 0 Å². The Balaban J connectivity index is 2.14. The Labute approximate surface area is 125 Å². The number of anilines is 1. The third kappa shape index (κ3) is 3.88. The molecule has 106 valence electrons. The van der Waals surface area contributed by atoms with Crippen LogP contribution in [0, 0.1) is 11.3 Å². The van der Waals surface area contributed by atoms with Gasteiger partial charge >= 0.3 is 0 Å². The van der Waals surface area contributed by atoms with Gasteiger partial charge < -0.3 is 10.1 Å². The molecule has 1 aromatic rings. The van der Waals surface area contributed by atoms with E-state index < -0.39 is 0 Å². The van der Waals surface area contributed by atoms with Crippen LogP contribution in [0.15, 0.2) is 22.7 Å². The Morgan fingerprint density at radius 1 is 1.32 bits per heavy atom. The first-order valence-electron chi connectivity index (χ1n) is 7.00. The highest BCUT2D eigenvalue weighted by molar-refractivity contribution is 9.10. The summed E-state index contributed by atoms with van der Waals surface area (Å²) in [7, 11) is 1.72. The molecular weight excluding hydrogens is 302 g/mol. The molecule has 1 fully saturated rings. The number of hydrogen-bond donors (Lipinski definition) is 1. The summed E-state index contributed by atoms with van der Waals surface area (Å²) in [6, 6.07) is 6.65. The number of hydrogen-bond acceptors (Lipinski definition) is 2. The zero-order valence-electron chi connectivity index (χ0n) is 12.3. The second-order valence-electron chi connectivity index (χ2n) is 6.60. The van der Waals surface area contributed by atoms with Crippen LogP contribution in [0.4, 0.5) is 5.69 Å². The first-order chi connectivity index (χ1) is 8.89. The number of ether oxygens (including phenoxy) is 1. The van der Waals surface area contributed by atoms with Gasteiger partial charge in [0, 0.05) is 10.5 Å². The van der Waals surface area contributed by atoms with Crippen molar-refractivity contribution in [3.05, 3.63) is 22.7 Å². The number of halogens is 1. The molecule has 0 amide bonds. The first kappa shape index (κ1) is 14.7. The lowest BCUT2D eigenvalue weighted by Gasteiger charge is -2.39. The van der Waals surface area contributed by atoms with Gasteiger partial charge in [0.1, 0.15) is 5.75 Å². The van der Waals surface area contributed by atoms with Gasteiger partial charge in [0.25, 0.3) is 0 Å². The second kappa shape index (κ2) is 5.74. The van der Waals surface area contributed by atoms with Crippen molar-refractivity contribution < 1.29 is 4.74 Å². The Morgan fingerprint density at radius 2 is 2.05 bits per heavy atom. The van der Waals surface area contributed by atoms with E-state index in [0.29, 0.717) is 11.5 Å². The third-order valence-electron chi connectivity index (χ3n) is 3.91. The lowest BCUT2D eigenvalue weighted by molar-refractivity contribution is 0.178. The highest BCUT2D eigenvalue weighted by atomic mass is 79.9. The average Bonchev–Trinajstić information content (AvgIpc) is 2.26. The van der Waals surface area contributed by atoms with Crippen LogP contribution in [0.3, 0.4) is 0 Å². The van der Waals surface area contributed by atoms with Crippen molar-refractivity contribution in [3.8, 4) is 5.75 Å². The van der Waals surface area contributed by atoms with Gasteiger partial charge in [0.05, 0.1) is 12.8 Å². The van der Waals surface area contributed by atoms with Gasteiger partial charge in [-0.25, -0.2) is 0 Å². The number of rotatable bonds is 3. The van der Waals surface area contributed by atoms with E-state index in [0.717, 1.165) is 21.8 Å². The van der Waals surface area contributed by atoms with Crippen LogP contribution in [0.5, 0.6) is 5.75 Å². The van der Waals surface area contributed by atoms with Crippen molar-refractivity contribution in [2.75, 3.05) is 12.4 Å². The van der Waals surface area contributed by atoms with E-state index in [4.69, 9.17) is 4.74 Å². The minimum atomic E-state index is 0.425. The molecule has 1 aliphatic rings. The molecule has 2 unspecified atom stereocenters. The van der Waals surface area contributed by atoms with Crippen molar-refractivity contribution in [3.63, 3.8) is 0 Å². The fourth-order valence-corrected chi connectivity index (χ4v) is 3.83. The van der Waals surface area contributed by atoms with Gasteiger partial charge in [-0.15, -0.1) is 0 Å². The summed E-state index contributed by atoms with van der Waals surface area (Å²) >= 11 is 3.53. The largest absolute Gasteiger partial charge is 0.495 e.